The van der Waals surface area contributed by atoms with Gasteiger partial charge < -0.3 is 38.2 Å². The second kappa shape index (κ2) is 18.6. The Hall–Kier alpha value is -4.22. The summed E-state index contributed by atoms with van der Waals surface area (Å²) in [6.45, 7) is 26.1. The number of hydrogen-bond acceptors (Lipinski definition) is 14. The normalized spacial score (nSPS) is 15.2. The van der Waals surface area contributed by atoms with Crippen LogP contribution in [0.15, 0.2) is 35.1 Å². The number of halogens is 1. The largest absolute Gasteiger partial charge is 0.443 e. The molecule has 0 saturated carbocycles. The fourth-order valence-corrected chi connectivity index (χ4v) is 5.36. The number of hydrogen-bond donors (Lipinski definition) is 0. The summed E-state index contributed by atoms with van der Waals surface area (Å²) in [5.41, 5.74) is -1.43. The number of morpholine rings is 2. The van der Waals surface area contributed by atoms with E-state index in [0.717, 1.165) is 38.7 Å². The molecule has 306 valence electrons. The van der Waals surface area contributed by atoms with Gasteiger partial charge in [0.25, 0.3) is 0 Å². The van der Waals surface area contributed by atoms with Crippen LogP contribution in [-0.2, 0) is 28.4 Å². The molecule has 4 rings (SSSR count). The average Bonchev–Trinajstić information content (AvgIpc) is 3.03. The summed E-state index contributed by atoms with van der Waals surface area (Å²) in [7, 11) is 0. The molecule has 2 fully saturated rings. The van der Waals surface area contributed by atoms with Gasteiger partial charge in [-0.2, -0.15) is 9.80 Å². The minimum atomic E-state index is -0.843. The molecule has 17 heteroatoms. The predicted octanol–water partition coefficient (Wildman–Crippen LogP) is 7.95. The Morgan fingerprint density at radius 3 is 1.35 bits per heavy atom. The van der Waals surface area contributed by atoms with Gasteiger partial charge in [0, 0.05) is 56.4 Å². The second-order valence-electron chi connectivity index (χ2n) is 16.7. The molecular weight excluding hydrogens is 780 g/mol. The average molecular weight is 838 g/mol. The fraction of sp³-hybridized carbons (Fsp3) is 0.632. The molecule has 2 aromatic rings. The van der Waals surface area contributed by atoms with E-state index in [-0.39, 0.29) is 11.6 Å². The van der Waals surface area contributed by atoms with Crippen LogP contribution in [0.1, 0.15) is 83.1 Å². The Morgan fingerprint density at radius 2 is 0.964 bits per heavy atom. The molecule has 2 aliphatic rings. The lowest BCUT2D eigenvalue weighted by Crippen LogP contribution is -2.44. The first-order chi connectivity index (χ1) is 25.3. The number of pyridine rings is 2. The molecule has 4 heterocycles. The molecule has 4 amide bonds. The van der Waals surface area contributed by atoms with E-state index in [2.05, 4.69) is 35.7 Å². The van der Waals surface area contributed by atoms with Crippen LogP contribution in [0.2, 0.25) is 0 Å². The fourth-order valence-electron chi connectivity index (χ4n) is 4.89. The number of amides is 4. The molecule has 2 saturated heterocycles. The molecule has 0 bridgehead atoms. The van der Waals surface area contributed by atoms with Gasteiger partial charge in [0.2, 0.25) is 0 Å². The molecular formula is C38H57BrN6O10. The van der Waals surface area contributed by atoms with E-state index in [1.54, 1.807) is 108 Å². The van der Waals surface area contributed by atoms with Crippen molar-refractivity contribution in [2.45, 2.75) is 105 Å². The Kier molecular flexibility index (Phi) is 15.3. The zero-order valence-electron chi connectivity index (χ0n) is 34.2. The third-order valence-corrected chi connectivity index (χ3v) is 7.65. The monoisotopic (exact) mass is 836 g/mol. The standard InChI is InChI=1S/C19H28BrN3O5.C19H29N3O5/c1-18(2,3)27-16(24)23(17(25)28-19(4,5)6)15-11-14(13(20)12-21-15)22-7-9-26-10-8-22;1-18(2,3)26-16(23)22(17(24)27-19(4,5)6)15-13-14(7-8-20-15)21-9-11-25-12-10-21/h11-12H,7-10H2,1-6H3;7-8,13H,9-12H2,1-6H3. The summed E-state index contributed by atoms with van der Waals surface area (Å²) >= 11 is 3.49. The van der Waals surface area contributed by atoms with Crippen molar-refractivity contribution in [3.8, 4) is 0 Å². The van der Waals surface area contributed by atoms with Gasteiger partial charge in [0.05, 0.1) is 36.6 Å². The highest BCUT2D eigenvalue weighted by Crippen LogP contribution is 2.31. The van der Waals surface area contributed by atoms with Gasteiger partial charge in [0.1, 0.15) is 22.4 Å². The minimum absolute atomic E-state index is 0.133. The lowest BCUT2D eigenvalue weighted by molar-refractivity contribution is 0.0406. The van der Waals surface area contributed by atoms with E-state index < -0.39 is 46.8 Å². The van der Waals surface area contributed by atoms with Crippen molar-refractivity contribution >= 4 is 63.3 Å². The van der Waals surface area contributed by atoms with E-state index in [4.69, 9.17) is 28.4 Å². The van der Waals surface area contributed by atoms with Crippen LogP contribution in [0.3, 0.4) is 0 Å². The summed E-state index contributed by atoms with van der Waals surface area (Å²) in [4.78, 5) is 65.3. The highest BCUT2D eigenvalue weighted by molar-refractivity contribution is 9.10. The van der Waals surface area contributed by atoms with Gasteiger partial charge in [-0.1, -0.05) is 0 Å². The van der Waals surface area contributed by atoms with Crippen molar-refractivity contribution in [2.24, 2.45) is 0 Å². The van der Waals surface area contributed by atoms with Crippen molar-refractivity contribution in [3.63, 3.8) is 0 Å². The number of ether oxygens (including phenoxy) is 6. The molecule has 0 aliphatic carbocycles. The summed E-state index contributed by atoms with van der Waals surface area (Å²) in [5, 5.41) is 0. The minimum Gasteiger partial charge on any atom is -0.443 e. The van der Waals surface area contributed by atoms with E-state index in [1.165, 1.54) is 0 Å². The zero-order chi connectivity index (χ0) is 41.4. The van der Waals surface area contributed by atoms with Crippen LogP contribution in [-0.4, -0.2) is 109 Å². The highest BCUT2D eigenvalue weighted by Gasteiger charge is 2.36. The maximum Gasteiger partial charge on any atom is 0.425 e. The smallest absolute Gasteiger partial charge is 0.425 e. The molecule has 55 heavy (non-hydrogen) atoms. The molecule has 2 aliphatic heterocycles. The molecule has 16 nitrogen and oxygen atoms in total. The number of anilines is 4. The molecule has 0 N–H and O–H groups in total. The first-order valence-corrected chi connectivity index (χ1v) is 18.9. The summed E-state index contributed by atoms with van der Waals surface area (Å²) in [6, 6.07) is 5.18. The van der Waals surface area contributed by atoms with Crippen LogP contribution in [0, 0.1) is 0 Å². The number of aromatic nitrogens is 2. The summed E-state index contributed by atoms with van der Waals surface area (Å²) in [5.74, 6) is 0.288. The first kappa shape index (κ1) is 45.2. The summed E-state index contributed by atoms with van der Waals surface area (Å²) in [6.07, 6.45) is -0.232. The third kappa shape index (κ3) is 15.1. The van der Waals surface area contributed by atoms with Gasteiger partial charge >= 0.3 is 24.4 Å². The van der Waals surface area contributed by atoms with Crippen LogP contribution in [0.25, 0.3) is 0 Å². The molecule has 0 radical (unpaired) electrons. The Balaban J connectivity index is 0.000000296. The quantitative estimate of drug-likeness (QED) is 0.273. The van der Waals surface area contributed by atoms with E-state index in [1.807, 2.05) is 6.07 Å². The van der Waals surface area contributed by atoms with E-state index in [9.17, 15) is 19.2 Å². The Labute approximate surface area is 332 Å². The predicted molar refractivity (Wildman–Crippen MR) is 212 cm³/mol. The van der Waals surface area contributed by atoms with E-state index in [0.29, 0.717) is 39.5 Å². The van der Waals surface area contributed by atoms with Crippen molar-refractivity contribution in [1.29, 1.82) is 0 Å². The van der Waals surface area contributed by atoms with Crippen LogP contribution >= 0.6 is 15.9 Å². The number of nitrogens with zero attached hydrogens (tertiary/aromatic N) is 6. The maximum atomic E-state index is 12.8. The van der Waals surface area contributed by atoms with Gasteiger partial charge in [-0.05, 0) is 105 Å². The maximum absolute atomic E-state index is 12.8. The van der Waals surface area contributed by atoms with Gasteiger partial charge in [0.15, 0.2) is 11.6 Å². The second-order valence-corrected chi connectivity index (χ2v) is 17.5. The lowest BCUT2D eigenvalue weighted by Gasteiger charge is -2.31. The molecule has 2 aromatic heterocycles. The number of rotatable bonds is 4. The number of imide groups is 2. The number of carbonyl (C=O) groups excluding carboxylic acids is 4. The van der Waals surface area contributed by atoms with Crippen LogP contribution in [0.5, 0.6) is 0 Å². The van der Waals surface area contributed by atoms with Crippen molar-refractivity contribution < 1.29 is 47.6 Å². The number of carbonyl (C=O) groups is 4. The summed E-state index contributed by atoms with van der Waals surface area (Å²) < 4.78 is 33.1. The van der Waals surface area contributed by atoms with Crippen molar-refractivity contribution in [1.82, 2.24) is 9.97 Å². The van der Waals surface area contributed by atoms with Crippen LogP contribution in [0.4, 0.5) is 42.2 Å². The third-order valence-electron chi connectivity index (χ3n) is 7.04. The Morgan fingerprint density at radius 1 is 0.600 bits per heavy atom. The lowest BCUT2D eigenvalue weighted by atomic mass is 10.2. The van der Waals surface area contributed by atoms with Crippen molar-refractivity contribution in [3.05, 3.63) is 35.1 Å². The SMILES string of the molecule is CC(C)(C)OC(=O)N(C(=O)OC(C)(C)C)c1cc(N2CCOCC2)c(Br)cn1.CC(C)(C)OC(=O)N(C(=O)OC(C)(C)C)c1cc(N2CCOCC2)ccn1. The molecule has 0 spiro atoms. The topological polar surface area (TPSA) is 162 Å². The van der Waals surface area contributed by atoms with Gasteiger partial charge in [-0.3, -0.25) is 0 Å². The highest BCUT2D eigenvalue weighted by atomic mass is 79.9. The Bertz CT molecular complexity index is 1580. The molecule has 0 aromatic carbocycles. The van der Waals surface area contributed by atoms with Crippen LogP contribution < -0.4 is 19.6 Å². The van der Waals surface area contributed by atoms with E-state index >= 15 is 0 Å². The molecule has 0 atom stereocenters. The van der Waals surface area contributed by atoms with Gasteiger partial charge in [-0.25, -0.2) is 29.1 Å². The zero-order valence-corrected chi connectivity index (χ0v) is 35.8. The van der Waals surface area contributed by atoms with Gasteiger partial charge in [-0.15, -0.1) is 0 Å². The molecule has 0 unspecified atom stereocenters. The van der Waals surface area contributed by atoms with Crippen molar-refractivity contribution in [2.75, 3.05) is 72.2 Å². The first-order valence-electron chi connectivity index (χ1n) is 18.1.